The van der Waals surface area contributed by atoms with E-state index in [0.717, 1.165) is 28.7 Å². The first-order valence-corrected chi connectivity index (χ1v) is 7.55. The molecule has 1 aromatic heterocycles. The maximum Gasteiger partial charge on any atom is 0.122 e. The Balaban J connectivity index is 1.97. The Labute approximate surface area is 118 Å². The summed E-state index contributed by atoms with van der Waals surface area (Å²) >= 11 is 11.6. The molecule has 2 heterocycles. The van der Waals surface area contributed by atoms with E-state index < -0.39 is 0 Å². The zero-order valence-electron chi connectivity index (χ0n) is 8.95. The van der Waals surface area contributed by atoms with Crippen molar-refractivity contribution in [3.63, 3.8) is 0 Å². The van der Waals surface area contributed by atoms with Crippen molar-refractivity contribution in [2.75, 3.05) is 6.61 Å². The van der Waals surface area contributed by atoms with Crippen LogP contribution in [0.5, 0.6) is 5.75 Å². The lowest BCUT2D eigenvalue weighted by Crippen LogP contribution is -1.91. The molecule has 0 aliphatic carbocycles. The van der Waals surface area contributed by atoms with E-state index >= 15 is 0 Å². The van der Waals surface area contributed by atoms with Gasteiger partial charge in [0.15, 0.2) is 0 Å². The van der Waals surface area contributed by atoms with Gasteiger partial charge in [0, 0.05) is 11.3 Å². The highest BCUT2D eigenvalue weighted by Gasteiger charge is 2.18. The molecule has 3 rings (SSSR count). The van der Waals surface area contributed by atoms with Crippen LogP contribution in [0.3, 0.4) is 0 Å². The molecule has 0 spiro atoms. The van der Waals surface area contributed by atoms with Gasteiger partial charge in [-0.3, -0.25) is 0 Å². The molecule has 0 saturated carbocycles. The third kappa shape index (κ3) is 2.12. The van der Waals surface area contributed by atoms with Gasteiger partial charge in [-0.2, -0.15) is 0 Å². The maximum absolute atomic E-state index is 6.16. The van der Waals surface area contributed by atoms with Gasteiger partial charge in [-0.15, -0.1) is 11.3 Å². The molecule has 1 nitrogen and oxygen atoms in total. The molecule has 4 heteroatoms. The van der Waals surface area contributed by atoms with Crippen molar-refractivity contribution in [1.82, 2.24) is 0 Å². The van der Waals surface area contributed by atoms with E-state index in [1.165, 1.54) is 11.1 Å². The molecule has 1 atom stereocenters. The van der Waals surface area contributed by atoms with Crippen molar-refractivity contribution in [2.45, 2.75) is 11.2 Å². The third-order valence-electron chi connectivity index (χ3n) is 2.88. The van der Waals surface area contributed by atoms with Crippen LogP contribution in [-0.2, 0) is 6.42 Å². The maximum atomic E-state index is 6.16. The highest BCUT2D eigenvalue weighted by Crippen LogP contribution is 2.40. The summed E-state index contributed by atoms with van der Waals surface area (Å²) in [5, 5.41) is 2.84. The van der Waals surface area contributed by atoms with Gasteiger partial charge >= 0.3 is 0 Å². The van der Waals surface area contributed by atoms with Crippen LogP contribution >= 0.6 is 38.9 Å². The SMILES string of the molecule is Clc1ccsc1C(Br)c1ccc2c(c1)CCO2. The summed E-state index contributed by atoms with van der Waals surface area (Å²) in [6.45, 7) is 0.797. The number of hydrogen-bond acceptors (Lipinski definition) is 2. The Bertz CT molecular complexity index is 552. The third-order valence-corrected chi connectivity index (χ3v) is 5.59. The fourth-order valence-corrected chi connectivity index (χ4v) is 4.16. The highest BCUT2D eigenvalue weighted by atomic mass is 79.9. The monoisotopic (exact) mass is 328 g/mol. The summed E-state index contributed by atoms with van der Waals surface area (Å²) in [6.07, 6.45) is 1.00. The molecular formula is C13H10BrClOS. The van der Waals surface area contributed by atoms with Gasteiger partial charge in [-0.1, -0.05) is 39.7 Å². The van der Waals surface area contributed by atoms with Crippen molar-refractivity contribution in [3.05, 3.63) is 50.7 Å². The van der Waals surface area contributed by atoms with Crippen molar-refractivity contribution in [3.8, 4) is 5.75 Å². The lowest BCUT2D eigenvalue weighted by atomic mass is 10.1. The Morgan fingerprint density at radius 3 is 3.00 bits per heavy atom. The van der Waals surface area contributed by atoms with Gasteiger partial charge in [0.25, 0.3) is 0 Å². The van der Waals surface area contributed by atoms with E-state index in [0.29, 0.717) is 0 Å². The minimum atomic E-state index is 0.167. The highest BCUT2D eigenvalue weighted by molar-refractivity contribution is 9.09. The molecule has 88 valence electrons. The standard InChI is InChI=1S/C13H10BrClOS/c14-12(13-10(15)4-6-17-13)9-1-2-11-8(7-9)3-5-16-11/h1-2,4,6-7,12H,3,5H2. The molecule has 1 aliphatic heterocycles. The topological polar surface area (TPSA) is 9.23 Å². The Kier molecular flexibility index (Phi) is 3.16. The molecule has 0 fully saturated rings. The predicted molar refractivity (Wildman–Crippen MR) is 75.7 cm³/mol. The Morgan fingerprint density at radius 2 is 2.24 bits per heavy atom. The second-order valence-electron chi connectivity index (χ2n) is 3.96. The number of alkyl halides is 1. The summed E-state index contributed by atoms with van der Waals surface area (Å²) < 4.78 is 5.51. The summed E-state index contributed by atoms with van der Waals surface area (Å²) in [4.78, 5) is 1.33. The van der Waals surface area contributed by atoms with Crippen LogP contribution in [0.15, 0.2) is 29.6 Å². The molecule has 0 saturated heterocycles. The smallest absolute Gasteiger partial charge is 0.122 e. The average molecular weight is 330 g/mol. The number of rotatable bonds is 2. The summed E-state index contributed by atoms with van der Waals surface area (Å²) in [6, 6.07) is 8.29. The predicted octanol–water partition coefficient (Wildman–Crippen LogP) is 4.82. The van der Waals surface area contributed by atoms with Crippen molar-refractivity contribution < 1.29 is 4.74 Å². The first kappa shape index (κ1) is 11.6. The average Bonchev–Trinajstić information content (AvgIpc) is 2.95. The first-order valence-electron chi connectivity index (χ1n) is 5.38. The molecule has 2 aromatic rings. The molecule has 0 bridgehead atoms. The first-order chi connectivity index (χ1) is 8.25. The van der Waals surface area contributed by atoms with E-state index in [1.807, 2.05) is 17.5 Å². The van der Waals surface area contributed by atoms with E-state index in [4.69, 9.17) is 16.3 Å². The molecule has 0 N–H and O–H groups in total. The summed E-state index contributed by atoms with van der Waals surface area (Å²) in [7, 11) is 0. The number of fused-ring (bicyclic) bond motifs is 1. The lowest BCUT2D eigenvalue weighted by Gasteiger charge is -2.10. The van der Waals surface area contributed by atoms with Crippen LogP contribution in [0.2, 0.25) is 5.02 Å². The van der Waals surface area contributed by atoms with Crippen molar-refractivity contribution >= 4 is 38.9 Å². The summed E-state index contributed by atoms with van der Waals surface area (Å²) in [5.74, 6) is 1.02. The van der Waals surface area contributed by atoms with Crippen LogP contribution in [0.25, 0.3) is 0 Å². The van der Waals surface area contributed by atoms with E-state index in [9.17, 15) is 0 Å². The largest absolute Gasteiger partial charge is 0.493 e. The second-order valence-corrected chi connectivity index (χ2v) is 6.23. The Hall–Kier alpha value is -0.510. The summed E-state index contributed by atoms with van der Waals surface area (Å²) in [5.41, 5.74) is 2.53. The van der Waals surface area contributed by atoms with E-state index in [-0.39, 0.29) is 4.83 Å². The molecule has 1 aliphatic rings. The number of ether oxygens (including phenoxy) is 1. The zero-order chi connectivity index (χ0) is 11.8. The van der Waals surface area contributed by atoms with Gasteiger partial charge in [0.05, 0.1) is 16.5 Å². The number of hydrogen-bond donors (Lipinski definition) is 0. The minimum Gasteiger partial charge on any atom is -0.493 e. The van der Waals surface area contributed by atoms with Crippen LogP contribution in [0.1, 0.15) is 20.8 Å². The quantitative estimate of drug-likeness (QED) is 0.718. The zero-order valence-corrected chi connectivity index (χ0v) is 12.1. The molecule has 1 unspecified atom stereocenters. The molecule has 17 heavy (non-hydrogen) atoms. The van der Waals surface area contributed by atoms with E-state index in [2.05, 4.69) is 28.1 Å². The number of benzene rings is 1. The van der Waals surface area contributed by atoms with Gasteiger partial charge < -0.3 is 4.74 Å². The fraction of sp³-hybridized carbons (Fsp3) is 0.231. The van der Waals surface area contributed by atoms with Crippen LogP contribution < -0.4 is 4.74 Å². The van der Waals surface area contributed by atoms with Gasteiger partial charge in [-0.05, 0) is 28.6 Å². The second kappa shape index (κ2) is 4.63. The van der Waals surface area contributed by atoms with Gasteiger partial charge in [-0.25, -0.2) is 0 Å². The van der Waals surface area contributed by atoms with Crippen molar-refractivity contribution in [1.29, 1.82) is 0 Å². The fourth-order valence-electron chi connectivity index (χ4n) is 2.00. The van der Waals surface area contributed by atoms with Gasteiger partial charge in [0.1, 0.15) is 5.75 Å². The normalized spacial score (nSPS) is 15.4. The van der Waals surface area contributed by atoms with Crippen LogP contribution in [-0.4, -0.2) is 6.61 Å². The molecule has 1 aromatic carbocycles. The molecular weight excluding hydrogens is 320 g/mol. The lowest BCUT2D eigenvalue weighted by molar-refractivity contribution is 0.357. The molecule has 0 radical (unpaired) electrons. The number of halogens is 2. The van der Waals surface area contributed by atoms with Crippen LogP contribution in [0, 0.1) is 0 Å². The molecule has 0 amide bonds. The van der Waals surface area contributed by atoms with Crippen molar-refractivity contribution in [2.24, 2.45) is 0 Å². The Morgan fingerprint density at radius 1 is 1.35 bits per heavy atom. The minimum absolute atomic E-state index is 0.167. The van der Waals surface area contributed by atoms with E-state index in [1.54, 1.807) is 11.3 Å². The van der Waals surface area contributed by atoms with Gasteiger partial charge in [0.2, 0.25) is 0 Å². The number of thiophene rings is 1. The van der Waals surface area contributed by atoms with Crippen LogP contribution in [0.4, 0.5) is 0 Å².